The van der Waals surface area contributed by atoms with Crippen LogP contribution in [0.2, 0.25) is 0 Å². The molecular weight excluding hydrogens is 252 g/mol. The van der Waals surface area contributed by atoms with Gasteiger partial charge in [-0.3, -0.25) is 4.79 Å². The number of hydrogen-bond acceptors (Lipinski definition) is 3. The molecule has 1 aliphatic heterocycles. The first-order chi connectivity index (χ1) is 9.13. The predicted molar refractivity (Wildman–Crippen MR) is 75.0 cm³/mol. The van der Waals surface area contributed by atoms with Crippen LogP contribution >= 0.6 is 0 Å². The fourth-order valence-corrected chi connectivity index (χ4v) is 5.87. The van der Waals surface area contributed by atoms with Crippen molar-refractivity contribution >= 4 is 5.78 Å². The maximum Gasteiger partial charge on any atom is 0.163 e. The Morgan fingerprint density at radius 1 is 1.05 bits per heavy atom. The summed E-state index contributed by atoms with van der Waals surface area (Å²) in [6.45, 7) is 10.9. The molecule has 1 saturated heterocycles. The van der Waals surface area contributed by atoms with Crippen molar-refractivity contribution < 1.29 is 14.3 Å². The number of hydrogen-bond donors (Lipinski definition) is 0. The molecule has 6 unspecified atom stereocenters. The molecule has 5 fully saturated rings. The maximum atomic E-state index is 12.6. The number of carbonyl (C=O) groups is 1. The topological polar surface area (TPSA) is 35.5 Å². The van der Waals surface area contributed by atoms with E-state index < -0.39 is 5.79 Å². The van der Waals surface area contributed by atoms with E-state index in [0.29, 0.717) is 29.5 Å². The van der Waals surface area contributed by atoms with Crippen LogP contribution in [0.25, 0.3) is 0 Å². The van der Waals surface area contributed by atoms with Crippen LogP contribution in [0.4, 0.5) is 0 Å². The van der Waals surface area contributed by atoms with Crippen LogP contribution in [0, 0.1) is 28.6 Å². The van der Waals surface area contributed by atoms with E-state index in [1.54, 1.807) is 0 Å². The second-order valence-electron chi connectivity index (χ2n) is 9.04. The van der Waals surface area contributed by atoms with Crippen LogP contribution in [0.1, 0.15) is 53.9 Å². The summed E-state index contributed by atoms with van der Waals surface area (Å²) in [5.74, 6) is 1.10. The molecule has 3 heteroatoms. The molecule has 0 aromatic heterocycles. The second kappa shape index (κ2) is 3.49. The first-order valence-electron chi connectivity index (χ1n) is 8.01. The predicted octanol–water partition coefficient (Wildman–Crippen LogP) is 3.17. The Labute approximate surface area is 121 Å². The number of carbonyl (C=O) groups excluding carboxylic acids is 1. The van der Waals surface area contributed by atoms with Crippen molar-refractivity contribution in [1.82, 2.24) is 0 Å². The maximum absolute atomic E-state index is 12.6. The highest BCUT2D eigenvalue weighted by Crippen LogP contribution is 2.67. The lowest BCUT2D eigenvalue weighted by atomic mass is 9.49. The van der Waals surface area contributed by atoms with Crippen LogP contribution < -0.4 is 0 Å². The standard InChI is InChI=1S/C17H26O3/c1-15(2)6-9-10(7-15)17(5)8-11(18)12(9)13-14(17)20-16(3,4)19-13/h9-10,12-14H,6-8H2,1-5H3. The van der Waals surface area contributed by atoms with Gasteiger partial charge in [-0.05, 0) is 43.9 Å². The van der Waals surface area contributed by atoms with E-state index in [-0.39, 0.29) is 23.5 Å². The van der Waals surface area contributed by atoms with E-state index in [0.717, 1.165) is 6.42 Å². The van der Waals surface area contributed by atoms with Gasteiger partial charge >= 0.3 is 0 Å². The molecule has 1 heterocycles. The number of fused-ring (bicyclic) bond motifs is 1. The van der Waals surface area contributed by atoms with E-state index in [9.17, 15) is 4.79 Å². The molecule has 0 radical (unpaired) electrons. The number of Topliss-reactive ketones (excluding diaryl/α,β-unsaturated/α-hetero) is 1. The molecule has 2 bridgehead atoms. The second-order valence-corrected chi connectivity index (χ2v) is 9.04. The van der Waals surface area contributed by atoms with Crippen LogP contribution in [-0.4, -0.2) is 23.8 Å². The van der Waals surface area contributed by atoms with Gasteiger partial charge in [-0.25, -0.2) is 0 Å². The highest BCUT2D eigenvalue weighted by Gasteiger charge is 2.70. The minimum absolute atomic E-state index is 0.00796. The summed E-state index contributed by atoms with van der Waals surface area (Å²) in [5.41, 5.74) is 0.330. The van der Waals surface area contributed by atoms with Crippen molar-refractivity contribution in [3.8, 4) is 0 Å². The Morgan fingerprint density at radius 3 is 2.45 bits per heavy atom. The van der Waals surface area contributed by atoms with Gasteiger partial charge in [-0.1, -0.05) is 20.8 Å². The molecule has 5 rings (SSSR count). The van der Waals surface area contributed by atoms with Crippen molar-refractivity contribution in [2.24, 2.45) is 28.6 Å². The first-order valence-corrected chi connectivity index (χ1v) is 8.01. The molecule has 6 atom stereocenters. The fraction of sp³-hybridized carbons (Fsp3) is 0.941. The van der Waals surface area contributed by atoms with Gasteiger partial charge in [0.25, 0.3) is 0 Å². The van der Waals surface area contributed by atoms with Gasteiger partial charge in [0.15, 0.2) is 5.79 Å². The van der Waals surface area contributed by atoms with Gasteiger partial charge in [0.2, 0.25) is 0 Å². The van der Waals surface area contributed by atoms with E-state index in [1.165, 1.54) is 6.42 Å². The van der Waals surface area contributed by atoms with Crippen molar-refractivity contribution in [2.75, 3.05) is 0 Å². The molecule has 3 nitrogen and oxygen atoms in total. The van der Waals surface area contributed by atoms with Gasteiger partial charge in [0.1, 0.15) is 5.78 Å². The van der Waals surface area contributed by atoms with Gasteiger partial charge in [0.05, 0.1) is 12.2 Å². The Bertz CT molecular complexity index is 447. The Kier molecular flexibility index (Phi) is 2.32. The highest BCUT2D eigenvalue weighted by molar-refractivity contribution is 5.85. The quantitative estimate of drug-likeness (QED) is 0.683. The molecule has 0 amide bonds. The minimum atomic E-state index is -0.534. The smallest absolute Gasteiger partial charge is 0.163 e. The lowest BCUT2D eigenvalue weighted by Crippen LogP contribution is -2.63. The molecule has 4 aliphatic carbocycles. The van der Waals surface area contributed by atoms with Crippen molar-refractivity contribution in [1.29, 1.82) is 0 Å². The molecule has 112 valence electrons. The summed E-state index contributed by atoms with van der Waals surface area (Å²) in [7, 11) is 0. The average molecular weight is 278 g/mol. The fourth-order valence-electron chi connectivity index (χ4n) is 5.87. The minimum Gasteiger partial charge on any atom is -0.344 e. The molecule has 0 N–H and O–H groups in total. The monoisotopic (exact) mass is 278 g/mol. The largest absolute Gasteiger partial charge is 0.344 e. The summed E-state index contributed by atoms with van der Waals surface area (Å²) >= 11 is 0. The zero-order valence-electron chi connectivity index (χ0n) is 13.2. The van der Waals surface area contributed by atoms with E-state index in [1.807, 2.05) is 13.8 Å². The molecular formula is C17H26O3. The van der Waals surface area contributed by atoms with Gasteiger partial charge in [-0.15, -0.1) is 0 Å². The third kappa shape index (κ3) is 1.51. The molecule has 4 saturated carbocycles. The SMILES string of the molecule is CC1(C)CC2C3C(=O)CC(C)(C2C1)C1OC(C)(C)OC31. The third-order valence-corrected chi connectivity index (χ3v) is 6.45. The summed E-state index contributed by atoms with van der Waals surface area (Å²) in [6, 6.07) is 0. The zero-order valence-corrected chi connectivity index (χ0v) is 13.2. The van der Waals surface area contributed by atoms with Gasteiger partial charge < -0.3 is 9.47 Å². The van der Waals surface area contributed by atoms with Crippen molar-refractivity contribution in [3.05, 3.63) is 0 Å². The van der Waals surface area contributed by atoms with Crippen LogP contribution in [0.15, 0.2) is 0 Å². The molecule has 0 spiro atoms. The Morgan fingerprint density at radius 2 is 1.75 bits per heavy atom. The third-order valence-electron chi connectivity index (χ3n) is 6.45. The van der Waals surface area contributed by atoms with E-state index in [2.05, 4.69) is 20.8 Å². The lowest BCUT2D eigenvalue weighted by Gasteiger charge is -2.56. The molecule has 20 heavy (non-hydrogen) atoms. The number of ether oxygens (including phenoxy) is 2. The Hall–Kier alpha value is -0.410. The number of rotatable bonds is 0. The normalized spacial score (nSPS) is 54.9. The molecule has 0 aromatic carbocycles. The van der Waals surface area contributed by atoms with Crippen LogP contribution in [0.3, 0.4) is 0 Å². The van der Waals surface area contributed by atoms with E-state index in [4.69, 9.17) is 9.47 Å². The van der Waals surface area contributed by atoms with Gasteiger partial charge in [0, 0.05) is 17.8 Å². The van der Waals surface area contributed by atoms with Crippen LogP contribution in [0.5, 0.6) is 0 Å². The zero-order chi connectivity index (χ0) is 14.5. The van der Waals surface area contributed by atoms with Crippen molar-refractivity contribution in [3.63, 3.8) is 0 Å². The van der Waals surface area contributed by atoms with Gasteiger partial charge in [-0.2, -0.15) is 0 Å². The Balaban J connectivity index is 1.79. The number of ketones is 1. The average Bonchev–Trinajstić information content (AvgIpc) is 2.75. The molecule has 5 aliphatic rings. The van der Waals surface area contributed by atoms with Crippen molar-refractivity contribution in [2.45, 2.75) is 71.9 Å². The first kappa shape index (κ1) is 13.3. The summed E-state index contributed by atoms with van der Waals surface area (Å²) in [6.07, 6.45) is 3.18. The summed E-state index contributed by atoms with van der Waals surface area (Å²) in [4.78, 5) is 12.6. The van der Waals surface area contributed by atoms with E-state index >= 15 is 0 Å². The highest BCUT2D eigenvalue weighted by atomic mass is 16.8. The lowest BCUT2D eigenvalue weighted by molar-refractivity contribution is -0.173. The molecule has 0 aromatic rings. The summed E-state index contributed by atoms with van der Waals surface area (Å²) < 4.78 is 12.4. The van der Waals surface area contributed by atoms with Crippen LogP contribution in [-0.2, 0) is 14.3 Å². The summed E-state index contributed by atoms with van der Waals surface area (Å²) in [5, 5.41) is 0.